The fraction of sp³-hybridized carbons (Fsp3) is 0.500. The first kappa shape index (κ1) is 14.4. The molecule has 0 aromatic heterocycles. The van der Waals surface area contributed by atoms with E-state index in [1.807, 2.05) is 0 Å². The van der Waals surface area contributed by atoms with Crippen LogP contribution in [0.2, 0.25) is 0 Å². The van der Waals surface area contributed by atoms with Gasteiger partial charge < -0.3 is 5.32 Å². The number of nitrogens with one attached hydrogen (secondary N) is 1. The van der Waals surface area contributed by atoms with E-state index in [-0.39, 0.29) is 10.8 Å². The molecule has 7 heteroatoms. The highest BCUT2D eigenvalue weighted by molar-refractivity contribution is 7.89. The maximum atomic E-state index is 13.1. The van der Waals surface area contributed by atoms with Crippen molar-refractivity contribution in [3.8, 4) is 0 Å². The first-order valence-electron chi connectivity index (χ1n) is 6.04. The van der Waals surface area contributed by atoms with Crippen LogP contribution in [-0.4, -0.2) is 39.4 Å². The minimum Gasteiger partial charge on any atom is -0.319 e. The van der Waals surface area contributed by atoms with Crippen molar-refractivity contribution >= 4 is 10.0 Å². The Labute approximate surface area is 111 Å². The molecule has 1 aromatic carbocycles. The van der Waals surface area contributed by atoms with Crippen LogP contribution in [-0.2, 0) is 10.0 Å². The summed E-state index contributed by atoms with van der Waals surface area (Å²) in [6.45, 7) is 1.48. The largest absolute Gasteiger partial charge is 0.319 e. The normalized spacial score (nSPS) is 20.9. The smallest absolute Gasteiger partial charge is 0.243 e. The third-order valence-electron chi connectivity index (χ3n) is 3.22. The lowest BCUT2D eigenvalue weighted by Gasteiger charge is -2.16. The Kier molecular flexibility index (Phi) is 4.17. The lowest BCUT2D eigenvalue weighted by molar-refractivity contribution is 0.449. The van der Waals surface area contributed by atoms with Gasteiger partial charge in [0.1, 0.15) is 11.6 Å². The zero-order valence-corrected chi connectivity index (χ0v) is 11.4. The fourth-order valence-corrected chi connectivity index (χ4v) is 3.87. The average molecular weight is 290 g/mol. The molecule has 1 aromatic rings. The Morgan fingerprint density at radius 2 is 1.95 bits per heavy atom. The van der Waals surface area contributed by atoms with Gasteiger partial charge in [-0.3, -0.25) is 0 Å². The first-order valence-corrected chi connectivity index (χ1v) is 7.48. The summed E-state index contributed by atoms with van der Waals surface area (Å²) in [5.41, 5.74) is 0. The molecule has 0 bridgehead atoms. The van der Waals surface area contributed by atoms with Crippen LogP contribution in [0.1, 0.15) is 6.42 Å². The van der Waals surface area contributed by atoms with E-state index in [0.29, 0.717) is 19.2 Å². The van der Waals surface area contributed by atoms with Gasteiger partial charge in [0.05, 0.1) is 4.90 Å². The highest BCUT2D eigenvalue weighted by Crippen LogP contribution is 2.25. The summed E-state index contributed by atoms with van der Waals surface area (Å²) in [6, 6.07) is 2.36. The molecule has 4 nitrogen and oxygen atoms in total. The zero-order valence-electron chi connectivity index (χ0n) is 10.6. The van der Waals surface area contributed by atoms with Crippen molar-refractivity contribution in [1.82, 2.24) is 9.62 Å². The van der Waals surface area contributed by atoms with Crippen molar-refractivity contribution < 1.29 is 17.2 Å². The molecule has 1 aliphatic heterocycles. The first-order chi connectivity index (χ1) is 8.93. The van der Waals surface area contributed by atoms with Gasteiger partial charge in [0, 0.05) is 19.2 Å². The molecule has 0 aliphatic carbocycles. The summed E-state index contributed by atoms with van der Waals surface area (Å²) in [5, 5.41) is 3.00. The number of sulfonamides is 1. The van der Waals surface area contributed by atoms with Crippen LogP contribution in [0.15, 0.2) is 23.1 Å². The highest BCUT2D eigenvalue weighted by Gasteiger charge is 2.32. The van der Waals surface area contributed by atoms with Crippen LogP contribution in [0, 0.1) is 17.6 Å². The Morgan fingerprint density at radius 1 is 1.32 bits per heavy atom. The molecule has 1 heterocycles. The van der Waals surface area contributed by atoms with Crippen molar-refractivity contribution in [2.75, 3.05) is 26.7 Å². The number of benzene rings is 1. The van der Waals surface area contributed by atoms with Gasteiger partial charge in [-0.2, -0.15) is 4.31 Å². The quantitative estimate of drug-likeness (QED) is 0.906. The summed E-state index contributed by atoms with van der Waals surface area (Å²) >= 11 is 0. The second-order valence-corrected chi connectivity index (χ2v) is 6.62. The van der Waals surface area contributed by atoms with Gasteiger partial charge in [0.15, 0.2) is 0 Å². The minimum absolute atomic E-state index is 0.234. The molecular weight excluding hydrogens is 274 g/mol. The van der Waals surface area contributed by atoms with Crippen LogP contribution in [0.3, 0.4) is 0 Å². The maximum absolute atomic E-state index is 13.1. The Balaban J connectivity index is 2.23. The molecule has 1 atom stereocenters. The van der Waals surface area contributed by atoms with E-state index in [0.717, 1.165) is 25.1 Å². The minimum atomic E-state index is -3.81. The third kappa shape index (κ3) is 3.10. The van der Waals surface area contributed by atoms with E-state index in [1.54, 1.807) is 7.05 Å². The molecule has 2 rings (SSSR count). The molecule has 0 amide bonds. The van der Waals surface area contributed by atoms with Gasteiger partial charge >= 0.3 is 0 Å². The summed E-state index contributed by atoms with van der Waals surface area (Å²) in [6.07, 6.45) is 0.748. The molecule has 1 N–H and O–H groups in total. The van der Waals surface area contributed by atoms with Gasteiger partial charge in [0.25, 0.3) is 0 Å². The average Bonchev–Trinajstić information content (AvgIpc) is 2.77. The summed E-state index contributed by atoms with van der Waals surface area (Å²) in [5.74, 6) is -1.53. The maximum Gasteiger partial charge on any atom is 0.243 e. The number of halogens is 2. The second kappa shape index (κ2) is 5.52. The molecule has 1 saturated heterocycles. The van der Waals surface area contributed by atoms with Crippen molar-refractivity contribution in [3.63, 3.8) is 0 Å². The van der Waals surface area contributed by atoms with Gasteiger partial charge in [-0.25, -0.2) is 17.2 Å². The molecule has 19 heavy (non-hydrogen) atoms. The van der Waals surface area contributed by atoms with Crippen LogP contribution in [0.4, 0.5) is 8.78 Å². The molecule has 0 radical (unpaired) electrons. The van der Waals surface area contributed by atoms with Gasteiger partial charge in [-0.15, -0.1) is 0 Å². The number of rotatable bonds is 4. The SMILES string of the molecule is CNC[C@@H]1CCN(S(=O)(=O)c2cc(F)cc(F)c2)C1. The van der Waals surface area contributed by atoms with Crippen LogP contribution in [0.5, 0.6) is 0 Å². The Morgan fingerprint density at radius 3 is 2.53 bits per heavy atom. The summed E-state index contributed by atoms with van der Waals surface area (Å²) in [7, 11) is -2.00. The van der Waals surface area contributed by atoms with Crippen LogP contribution >= 0.6 is 0 Å². The van der Waals surface area contributed by atoms with E-state index >= 15 is 0 Å². The standard InChI is InChI=1S/C12H16F2N2O2S/c1-15-7-9-2-3-16(8-9)19(17,18)12-5-10(13)4-11(14)6-12/h4-6,9,15H,2-3,7-8H2,1H3/t9-/m0/s1. The zero-order chi connectivity index (χ0) is 14.0. The van der Waals surface area contributed by atoms with Crippen molar-refractivity contribution in [2.45, 2.75) is 11.3 Å². The van der Waals surface area contributed by atoms with E-state index < -0.39 is 21.7 Å². The summed E-state index contributed by atoms with van der Waals surface area (Å²) in [4.78, 5) is -0.324. The van der Waals surface area contributed by atoms with Crippen LogP contribution < -0.4 is 5.32 Å². The van der Waals surface area contributed by atoms with E-state index in [1.165, 1.54) is 4.31 Å². The molecule has 0 saturated carbocycles. The van der Waals surface area contributed by atoms with Crippen molar-refractivity contribution in [2.24, 2.45) is 5.92 Å². The Bertz CT molecular complexity index is 543. The molecule has 0 spiro atoms. The van der Waals surface area contributed by atoms with Crippen LogP contribution in [0.25, 0.3) is 0 Å². The molecular formula is C12H16F2N2O2S. The van der Waals surface area contributed by atoms with Gasteiger partial charge in [0.2, 0.25) is 10.0 Å². The number of hydrogen-bond acceptors (Lipinski definition) is 3. The number of hydrogen-bond donors (Lipinski definition) is 1. The van der Waals surface area contributed by atoms with Gasteiger partial charge in [-0.1, -0.05) is 0 Å². The lowest BCUT2D eigenvalue weighted by Crippen LogP contribution is -2.30. The van der Waals surface area contributed by atoms with E-state index in [9.17, 15) is 17.2 Å². The second-order valence-electron chi connectivity index (χ2n) is 4.68. The predicted octanol–water partition coefficient (Wildman–Crippen LogP) is 1.19. The van der Waals surface area contributed by atoms with Gasteiger partial charge in [-0.05, 0) is 38.1 Å². The van der Waals surface area contributed by atoms with E-state index in [2.05, 4.69) is 5.32 Å². The lowest BCUT2D eigenvalue weighted by atomic mass is 10.1. The third-order valence-corrected chi connectivity index (χ3v) is 5.06. The van der Waals surface area contributed by atoms with Crippen molar-refractivity contribution in [1.29, 1.82) is 0 Å². The van der Waals surface area contributed by atoms with Crippen molar-refractivity contribution in [3.05, 3.63) is 29.8 Å². The monoisotopic (exact) mass is 290 g/mol. The molecule has 1 aliphatic rings. The number of nitrogens with zero attached hydrogens (tertiary/aromatic N) is 1. The molecule has 0 unspecified atom stereocenters. The topological polar surface area (TPSA) is 49.4 Å². The molecule has 106 valence electrons. The fourth-order valence-electron chi connectivity index (χ4n) is 2.30. The predicted molar refractivity (Wildman–Crippen MR) is 67.2 cm³/mol. The Hall–Kier alpha value is -1.05. The molecule has 1 fully saturated rings. The van der Waals surface area contributed by atoms with E-state index in [4.69, 9.17) is 0 Å². The summed E-state index contributed by atoms with van der Waals surface area (Å²) < 4.78 is 52.0. The highest BCUT2D eigenvalue weighted by atomic mass is 32.2.